The van der Waals surface area contributed by atoms with Crippen LogP contribution < -0.4 is 4.74 Å². The Morgan fingerprint density at radius 2 is 1.67 bits per heavy atom. The number of benzene rings is 2. The van der Waals surface area contributed by atoms with Crippen LogP contribution in [0.25, 0.3) is 11.1 Å². The Bertz CT molecular complexity index is 615. The molecule has 0 amide bonds. The molecule has 3 nitrogen and oxygen atoms in total. The van der Waals surface area contributed by atoms with Crippen LogP contribution in [0.4, 0.5) is 0 Å². The number of rotatable bonds is 9. The van der Waals surface area contributed by atoms with Crippen LogP contribution in [0.2, 0.25) is 0 Å². The van der Waals surface area contributed by atoms with Crippen molar-refractivity contribution in [2.45, 2.75) is 32.8 Å². The van der Waals surface area contributed by atoms with E-state index in [2.05, 4.69) is 50.2 Å². The van der Waals surface area contributed by atoms with Crippen LogP contribution in [-0.2, 0) is 15.9 Å². The van der Waals surface area contributed by atoms with E-state index in [4.69, 9.17) is 14.2 Å². The molecule has 0 spiro atoms. The average molecular weight is 326 g/mol. The second-order valence-electron chi connectivity index (χ2n) is 6.53. The third kappa shape index (κ3) is 5.08. The van der Waals surface area contributed by atoms with E-state index in [9.17, 15) is 0 Å². The molecule has 0 bridgehead atoms. The number of epoxide rings is 1. The molecule has 1 saturated heterocycles. The summed E-state index contributed by atoms with van der Waals surface area (Å²) in [6, 6.07) is 17.0. The van der Waals surface area contributed by atoms with Crippen molar-refractivity contribution >= 4 is 0 Å². The summed E-state index contributed by atoms with van der Waals surface area (Å²) in [5.74, 6) is 1.56. The van der Waals surface area contributed by atoms with Gasteiger partial charge in [0.2, 0.25) is 0 Å². The maximum atomic E-state index is 5.57. The van der Waals surface area contributed by atoms with E-state index in [1.165, 1.54) is 23.1 Å². The number of hydrogen-bond acceptors (Lipinski definition) is 3. The van der Waals surface area contributed by atoms with Crippen LogP contribution in [0.5, 0.6) is 5.75 Å². The van der Waals surface area contributed by atoms with Gasteiger partial charge in [0, 0.05) is 0 Å². The van der Waals surface area contributed by atoms with Gasteiger partial charge in [0.05, 0.1) is 13.2 Å². The molecule has 0 aromatic heterocycles. The molecule has 2 aromatic rings. The highest BCUT2D eigenvalue weighted by Gasteiger charge is 2.22. The fraction of sp³-hybridized carbons (Fsp3) is 0.429. The van der Waals surface area contributed by atoms with Crippen molar-refractivity contribution in [1.82, 2.24) is 0 Å². The van der Waals surface area contributed by atoms with Crippen molar-refractivity contribution in [2.75, 3.05) is 20.0 Å². The van der Waals surface area contributed by atoms with Gasteiger partial charge in [-0.25, -0.2) is 0 Å². The first-order valence-electron chi connectivity index (χ1n) is 8.76. The first-order chi connectivity index (χ1) is 11.7. The topological polar surface area (TPSA) is 31.0 Å². The highest BCUT2D eigenvalue weighted by atomic mass is 16.7. The van der Waals surface area contributed by atoms with Crippen molar-refractivity contribution in [2.24, 2.45) is 5.92 Å². The lowest BCUT2D eigenvalue weighted by Gasteiger charge is -2.10. The lowest BCUT2D eigenvalue weighted by Crippen LogP contribution is -2.07. The van der Waals surface area contributed by atoms with Gasteiger partial charge in [-0.3, -0.25) is 0 Å². The molecular weight excluding hydrogens is 300 g/mol. The molecule has 3 rings (SSSR count). The highest BCUT2D eigenvalue weighted by Crippen LogP contribution is 2.24. The van der Waals surface area contributed by atoms with Crippen LogP contribution in [0, 0.1) is 5.92 Å². The van der Waals surface area contributed by atoms with Crippen LogP contribution in [0.1, 0.15) is 25.8 Å². The molecule has 1 fully saturated rings. The van der Waals surface area contributed by atoms with E-state index >= 15 is 0 Å². The second kappa shape index (κ2) is 8.32. The normalized spacial score (nSPS) is 17.5. The predicted octanol–water partition coefficient (Wildman–Crippen LogP) is 4.69. The maximum Gasteiger partial charge on any atom is 0.189 e. The van der Waals surface area contributed by atoms with Crippen molar-refractivity contribution in [1.29, 1.82) is 0 Å². The first kappa shape index (κ1) is 17.0. The van der Waals surface area contributed by atoms with Crippen LogP contribution in [0.15, 0.2) is 48.5 Å². The van der Waals surface area contributed by atoms with Crippen LogP contribution in [0.3, 0.4) is 0 Å². The van der Waals surface area contributed by atoms with Crippen molar-refractivity contribution < 1.29 is 14.2 Å². The molecule has 2 atom stereocenters. The SMILES string of the molecule is CCC(C)Cc1ccc(-c2ccc(OCOCC3CO3)cc2)cc1. The fourth-order valence-electron chi connectivity index (χ4n) is 2.58. The molecule has 0 N–H and O–H groups in total. The average Bonchev–Trinajstić information content (AvgIpc) is 3.44. The summed E-state index contributed by atoms with van der Waals surface area (Å²) in [6.07, 6.45) is 2.65. The standard InChI is InChI=1S/C21H26O3/c1-3-16(2)12-17-4-6-18(7-5-17)19-8-10-20(11-9-19)24-15-22-13-21-14-23-21/h4-11,16,21H,3,12-15H2,1-2H3. The van der Waals surface area contributed by atoms with Gasteiger partial charge in [0.25, 0.3) is 0 Å². The van der Waals surface area contributed by atoms with Gasteiger partial charge >= 0.3 is 0 Å². The Hall–Kier alpha value is -1.84. The number of ether oxygens (including phenoxy) is 3. The number of hydrogen-bond donors (Lipinski definition) is 0. The molecule has 1 aliphatic rings. The highest BCUT2D eigenvalue weighted by molar-refractivity contribution is 5.64. The lowest BCUT2D eigenvalue weighted by molar-refractivity contribution is 0.00822. The van der Waals surface area contributed by atoms with Gasteiger partial charge < -0.3 is 14.2 Å². The summed E-state index contributed by atoms with van der Waals surface area (Å²) in [5, 5.41) is 0. The van der Waals surface area contributed by atoms with Gasteiger partial charge in [-0.05, 0) is 41.2 Å². The summed E-state index contributed by atoms with van der Waals surface area (Å²) >= 11 is 0. The monoisotopic (exact) mass is 326 g/mol. The van der Waals surface area contributed by atoms with Crippen molar-refractivity contribution in [3.8, 4) is 16.9 Å². The molecule has 1 heterocycles. The summed E-state index contributed by atoms with van der Waals surface area (Å²) < 4.78 is 16.0. The third-order valence-corrected chi connectivity index (χ3v) is 4.44. The Morgan fingerprint density at radius 1 is 1.04 bits per heavy atom. The van der Waals surface area contributed by atoms with Crippen molar-refractivity contribution in [3.63, 3.8) is 0 Å². The zero-order chi connectivity index (χ0) is 16.8. The Balaban J connectivity index is 1.52. The summed E-state index contributed by atoms with van der Waals surface area (Å²) in [7, 11) is 0. The minimum absolute atomic E-state index is 0.267. The van der Waals surface area contributed by atoms with E-state index < -0.39 is 0 Å². The van der Waals surface area contributed by atoms with Crippen LogP contribution >= 0.6 is 0 Å². The molecule has 24 heavy (non-hydrogen) atoms. The van der Waals surface area contributed by atoms with Gasteiger partial charge in [-0.1, -0.05) is 56.7 Å². The quantitative estimate of drug-likeness (QED) is 0.380. The van der Waals surface area contributed by atoms with Crippen molar-refractivity contribution in [3.05, 3.63) is 54.1 Å². The molecule has 2 aromatic carbocycles. The van der Waals surface area contributed by atoms with Gasteiger partial charge in [-0.2, -0.15) is 0 Å². The Morgan fingerprint density at radius 3 is 2.25 bits per heavy atom. The van der Waals surface area contributed by atoms with E-state index in [1.54, 1.807) is 0 Å². The molecule has 0 radical (unpaired) electrons. The van der Waals surface area contributed by atoms with E-state index in [1.807, 2.05) is 12.1 Å². The maximum absolute atomic E-state index is 5.57. The first-order valence-corrected chi connectivity index (χ1v) is 8.76. The third-order valence-electron chi connectivity index (χ3n) is 4.44. The van der Waals surface area contributed by atoms with Gasteiger partial charge in [-0.15, -0.1) is 0 Å². The summed E-state index contributed by atoms with van der Waals surface area (Å²) in [4.78, 5) is 0. The molecule has 2 unspecified atom stereocenters. The molecule has 128 valence electrons. The molecule has 3 heteroatoms. The minimum atomic E-state index is 0.267. The van der Waals surface area contributed by atoms with E-state index in [-0.39, 0.29) is 12.9 Å². The second-order valence-corrected chi connectivity index (χ2v) is 6.53. The fourth-order valence-corrected chi connectivity index (χ4v) is 2.58. The zero-order valence-electron chi connectivity index (χ0n) is 14.5. The largest absolute Gasteiger partial charge is 0.468 e. The Kier molecular flexibility index (Phi) is 5.89. The smallest absolute Gasteiger partial charge is 0.189 e. The minimum Gasteiger partial charge on any atom is -0.468 e. The summed E-state index contributed by atoms with van der Waals surface area (Å²) in [5.41, 5.74) is 3.84. The summed E-state index contributed by atoms with van der Waals surface area (Å²) in [6.45, 7) is 6.23. The molecule has 0 aliphatic carbocycles. The van der Waals surface area contributed by atoms with E-state index in [0.717, 1.165) is 24.7 Å². The zero-order valence-corrected chi connectivity index (χ0v) is 14.5. The Labute approximate surface area is 144 Å². The predicted molar refractivity (Wildman–Crippen MR) is 96.2 cm³/mol. The molecule has 0 saturated carbocycles. The molecule has 1 aliphatic heterocycles. The van der Waals surface area contributed by atoms with Crippen LogP contribution in [-0.4, -0.2) is 26.1 Å². The van der Waals surface area contributed by atoms with E-state index in [0.29, 0.717) is 6.61 Å². The van der Waals surface area contributed by atoms with Gasteiger partial charge in [0.15, 0.2) is 6.79 Å². The molecular formula is C21H26O3. The van der Waals surface area contributed by atoms with Gasteiger partial charge in [0.1, 0.15) is 11.9 Å². The lowest BCUT2D eigenvalue weighted by atomic mass is 9.97.